The Hall–Kier alpha value is -0.0800. The average Bonchev–Trinajstić information content (AvgIpc) is 2.90. The SMILES string of the molecule is CCC(C)C1CN(C2CCCC2)C(CC)CN1. The van der Waals surface area contributed by atoms with Crippen LogP contribution in [0.2, 0.25) is 0 Å². The van der Waals surface area contributed by atoms with Crippen LogP contribution < -0.4 is 5.32 Å². The van der Waals surface area contributed by atoms with Gasteiger partial charge in [0, 0.05) is 31.2 Å². The van der Waals surface area contributed by atoms with E-state index in [1.807, 2.05) is 0 Å². The molecular formula is C15H30N2. The van der Waals surface area contributed by atoms with Gasteiger partial charge in [-0.2, -0.15) is 0 Å². The van der Waals surface area contributed by atoms with Crippen LogP contribution in [-0.4, -0.2) is 36.1 Å². The lowest BCUT2D eigenvalue weighted by atomic mass is 9.93. The molecule has 1 saturated carbocycles. The topological polar surface area (TPSA) is 15.3 Å². The summed E-state index contributed by atoms with van der Waals surface area (Å²) in [7, 11) is 0. The van der Waals surface area contributed by atoms with Gasteiger partial charge >= 0.3 is 0 Å². The summed E-state index contributed by atoms with van der Waals surface area (Å²) in [6, 6.07) is 2.41. The number of nitrogens with one attached hydrogen (secondary N) is 1. The Balaban J connectivity index is 1.97. The zero-order valence-corrected chi connectivity index (χ0v) is 11.9. The molecule has 0 radical (unpaired) electrons. The van der Waals surface area contributed by atoms with Gasteiger partial charge in [0.1, 0.15) is 0 Å². The highest BCUT2D eigenvalue weighted by Crippen LogP contribution is 2.28. The molecule has 1 saturated heterocycles. The highest BCUT2D eigenvalue weighted by molar-refractivity contribution is 4.92. The highest BCUT2D eigenvalue weighted by Gasteiger charge is 2.34. The molecule has 100 valence electrons. The summed E-state index contributed by atoms with van der Waals surface area (Å²) in [5.41, 5.74) is 0. The summed E-state index contributed by atoms with van der Waals surface area (Å²) in [6.07, 6.45) is 8.41. The van der Waals surface area contributed by atoms with Crippen LogP contribution in [0.5, 0.6) is 0 Å². The molecule has 0 amide bonds. The third-order valence-corrected chi connectivity index (χ3v) is 5.09. The molecule has 0 bridgehead atoms. The number of rotatable bonds is 4. The van der Waals surface area contributed by atoms with Crippen molar-refractivity contribution in [3.05, 3.63) is 0 Å². The third-order valence-electron chi connectivity index (χ3n) is 5.09. The first-order valence-electron chi connectivity index (χ1n) is 7.75. The molecule has 0 aromatic carbocycles. The average molecular weight is 238 g/mol. The van der Waals surface area contributed by atoms with Crippen LogP contribution in [-0.2, 0) is 0 Å². The van der Waals surface area contributed by atoms with Crippen molar-refractivity contribution < 1.29 is 0 Å². The summed E-state index contributed by atoms with van der Waals surface area (Å²) in [6.45, 7) is 9.56. The zero-order valence-electron chi connectivity index (χ0n) is 11.9. The van der Waals surface area contributed by atoms with E-state index in [0.717, 1.165) is 24.0 Å². The summed E-state index contributed by atoms with van der Waals surface area (Å²) in [4.78, 5) is 2.85. The summed E-state index contributed by atoms with van der Waals surface area (Å²) in [5, 5.41) is 3.78. The largest absolute Gasteiger partial charge is 0.311 e. The summed E-state index contributed by atoms with van der Waals surface area (Å²) in [5.74, 6) is 0.816. The fraction of sp³-hybridized carbons (Fsp3) is 1.00. The molecule has 1 aliphatic carbocycles. The van der Waals surface area contributed by atoms with Crippen LogP contribution in [0.25, 0.3) is 0 Å². The second kappa shape index (κ2) is 6.19. The fourth-order valence-electron chi connectivity index (χ4n) is 3.57. The van der Waals surface area contributed by atoms with Crippen molar-refractivity contribution >= 4 is 0 Å². The van der Waals surface area contributed by atoms with Crippen molar-refractivity contribution in [2.24, 2.45) is 5.92 Å². The van der Waals surface area contributed by atoms with E-state index in [9.17, 15) is 0 Å². The monoisotopic (exact) mass is 238 g/mol. The molecule has 3 unspecified atom stereocenters. The second-order valence-electron chi connectivity index (χ2n) is 6.10. The number of hydrogen-bond donors (Lipinski definition) is 1. The maximum Gasteiger partial charge on any atom is 0.0221 e. The minimum absolute atomic E-state index is 0.725. The fourth-order valence-corrected chi connectivity index (χ4v) is 3.57. The van der Waals surface area contributed by atoms with Crippen molar-refractivity contribution in [2.45, 2.75) is 77.4 Å². The molecule has 1 heterocycles. The molecule has 0 spiro atoms. The predicted molar refractivity (Wildman–Crippen MR) is 74.3 cm³/mol. The zero-order chi connectivity index (χ0) is 12.3. The predicted octanol–water partition coefficient (Wildman–Crippen LogP) is 3.03. The standard InChI is InChI=1S/C15H30N2/c1-4-12(3)15-11-17(13(5-2)10-16-15)14-8-6-7-9-14/h12-16H,4-11H2,1-3H3. The Morgan fingerprint density at radius 1 is 1.24 bits per heavy atom. The normalized spacial score (nSPS) is 34.1. The maximum atomic E-state index is 3.78. The van der Waals surface area contributed by atoms with Gasteiger partial charge in [-0.25, -0.2) is 0 Å². The van der Waals surface area contributed by atoms with E-state index >= 15 is 0 Å². The second-order valence-corrected chi connectivity index (χ2v) is 6.10. The van der Waals surface area contributed by atoms with Crippen LogP contribution in [0.1, 0.15) is 59.3 Å². The van der Waals surface area contributed by atoms with Crippen LogP contribution in [0.4, 0.5) is 0 Å². The molecular weight excluding hydrogens is 208 g/mol. The van der Waals surface area contributed by atoms with Gasteiger partial charge in [-0.1, -0.05) is 40.0 Å². The molecule has 2 rings (SSSR count). The number of nitrogens with zero attached hydrogens (tertiary/aromatic N) is 1. The minimum Gasteiger partial charge on any atom is -0.311 e. The van der Waals surface area contributed by atoms with E-state index < -0.39 is 0 Å². The van der Waals surface area contributed by atoms with E-state index in [2.05, 4.69) is 31.0 Å². The van der Waals surface area contributed by atoms with Crippen molar-refractivity contribution in [3.8, 4) is 0 Å². The maximum absolute atomic E-state index is 3.78. The van der Waals surface area contributed by atoms with Gasteiger partial charge in [0.25, 0.3) is 0 Å². The lowest BCUT2D eigenvalue weighted by Crippen LogP contribution is -2.60. The van der Waals surface area contributed by atoms with Gasteiger partial charge in [-0.05, 0) is 25.2 Å². The lowest BCUT2D eigenvalue weighted by molar-refractivity contribution is 0.0663. The third kappa shape index (κ3) is 3.03. The van der Waals surface area contributed by atoms with Gasteiger partial charge in [0.05, 0.1) is 0 Å². The Bertz CT molecular complexity index is 221. The first kappa shape index (κ1) is 13.4. The Morgan fingerprint density at radius 2 is 1.94 bits per heavy atom. The molecule has 0 aromatic heterocycles. The van der Waals surface area contributed by atoms with Gasteiger partial charge in [0.2, 0.25) is 0 Å². The van der Waals surface area contributed by atoms with Gasteiger partial charge in [-0.15, -0.1) is 0 Å². The smallest absolute Gasteiger partial charge is 0.0221 e. The van der Waals surface area contributed by atoms with Crippen molar-refractivity contribution in [3.63, 3.8) is 0 Å². The van der Waals surface area contributed by atoms with Crippen LogP contribution in [0.3, 0.4) is 0 Å². The molecule has 1 aliphatic heterocycles. The summed E-state index contributed by atoms with van der Waals surface area (Å²) >= 11 is 0. The molecule has 2 aliphatic rings. The first-order chi connectivity index (χ1) is 8.26. The van der Waals surface area contributed by atoms with Crippen LogP contribution in [0, 0.1) is 5.92 Å². The molecule has 2 nitrogen and oxygen atoms in total. The Labute approximate surface area is 107 Å². The van der Waals surface area contributed by atoms with E-state index in [0.29, 0.717) is 0 Å². The highest BCUT2D eigenvalue weighted by atomic mass is 15.3. The molecule has 3 atom stereocenters. The van der Waals surface area contributed by atoms with Crippen LogP contribution in [0.15, 0.2) is 0 Å². The van der Waals surface area contributed by atoms with Gasteiger partial charge in [0.15, 0.2) is 0 Å². The van der Waals surface area contributed by atoms with Crippen molar-refractivity contribution in [1.29, 1.82) is 0 Å². The Kier molecular flexibility index (Phi) is 4.87. The van der Waals surface area contributed by atoms with E-state index in [4.69, 9.17) is 0 Å². The minimum atomic E-state index is 0.725. The first-order valence-corrected chi connectivity index (χ1v) is 7.75. The quantitative estimate of drug-likeness (QED) is 0.810. The van der Waals surface area contributed by atoms with Crippen molar-refractivity contribution in [2.75, 3.05) is 13.1 Å². The molecule has 0 aromatic rings. The summed E-state index contributed by atoms with van der Waals surface area (Å²) < 4.78 is 0. The molecule has 17 heavy (non-hydrogen) atoms. The van der Waals surface area contributed by atoms with Crippen LogP contribution >= 0.6 is 0 Å². The molecule has 1 N–H and O–H groups in total. The number of piperazine rings is 1. The van der Waals surface area contributed by atoms with Gasteiger partial charge in [-0.3, -0.25) is 4.90 Å². The van der Waals surface area contributed by atoms with Gasteiger partial charge < -0.3 is 5.32 Å². The van der Waals surface area contributed by atoms with E-state index in [1.54, 1.807) is 0 Å². The van der Waals surface area contributed by atoms with Crippen molar-refractivity contribution in [1.82, 2.24) is 10.2 Å². The van der Waals surface area contributed by atoms with E-state index in [-0.39, 0.29) is 0 Å². The lowest BCUT2D eigenvalue weighted by Gasteiger charge is -2.45. The Morgan fingerprint density at radius 3 is 2.53 bits per heavy atom. The molecule has 2 fully saturated rings. The van der Waals surface area contributed by atoms with E-state index in [1.165, 1.54) is 51.6 Å². The number of hydrogen-bond acceptors (Lipinski definition) is 2. The molecule has 2 heteroatoms.